The van der Waals surface area contributed by atoms with E-state index in [4.69, 9.17) is 0 Å². The van der Waals surface area contributed by atoms with Gasteiger partial charge in [0.15, 0.2) is 46.5 Å². The third-order valence-electron chi connectivity index (χ3n) is 4.80. The van der Waals surface area contributed by atoms with Gasteiger partial charge in [-0.15, -0.1) is 0 Å². The lowest BCUT2D eigenvalue weighted by Gasteiger charge is -2.09. The minimum atomic E-state index is -2.44. The summed E-state index contributed by atoms with van der Waals surface area (Å²) in [5, 5.41) is 0. The number of halogens is 8. The highest BCUT2D eigenvalue weighted by Crippen LogP contribution is 2.34. The third kappa shape index (κ3) is 5.68. The largest absolute Gasteiger partial charge is 0.289 e. The number of benzene rings is 4. The average molecular weight is 506 g/mol. The van der Waals surface area contributed by atoms with Gasteiger partial charge in [-0.25, -0.2) is 35.1 Å². The van der Waals surface area contributed by atoms with Gasteiger partial charge < -0.3 is 0 Å². The van der Waals surface area contributed by atoms with Gasteiger partial charge in [-0.2, -0.15) is 0 Å². The van der Waals surface area contributed by atoms with Gasteiger partial charge in [0.2, 0.25) is 5.82 Å². The molecule has 0 bridgehead atoms. The highest BCUT2D eigenvalue weighted by Gasteiger charge is 2.29. The maximum absolute atomic E-state index is 13.4. The van der Waals surface area contributed by atoms with Crippen molar-refractivity contribution in [1.82, 2.24) is 0 Å². The lowest BCUT2D eigenvalue weighted by atomic mass is 10.0. The van der Waals surface area contributed by atoms with E-state index in [0.717, 1.165) is 11.1 Å². The molecule has 0 N–H and O–H groups in total. The number of ketones is 1. The number of carbonyl (C=O) groups is 1. The highest BCUT2D eigenvalue weighted by atomic mass is 19.2. The molecule has 0 aliphatic heterocycles. The van der Waals surface area contributed by atoms with Crippen molar-refractivity contribution in [3.63, 3.8) is 0 Å². The first kappa shape index (κ1) is 26.3. The molecule has 4 rings (SSSR count). The van der Waals surface area contributed by atoms with Crippen LogP contribution in [-0.2, 0) is 0 Å². The Labute approximate surface area is 199 Å². The molecule has 0 radical (unpaired) electrons. The standard InChI is InChI=1S/C15H12O.C12H2F8/c16-15(14-9-5-2-6-10-14)12-11-13-7-3-1-4-8-13;13-4-2-1-3(6(14)7(4)15)5-8(16)10(18)12(20)11(19)9(5)17/h1-12H;1-2H. The molecular weight excluding hydrogens is 492 g/mol. The first-order valence-corrected chi connectivity index (χ1v) is 10.1. The normalized spacial score (nSPS) is 10.8. The lowest BCUT2D eigenvalue weighted by Crippen LogP contribution is -2.06. The van der Waals surface area contributed by atoms with E-state index in [1.165, 1.54) is 0 Å². The van der Waals surface area contributed by atoms with Crippen LogP contribution in [0.4, 0.5) is 35.1 Å². The molecule has 0 amide bonds. The van der Waals surface area contributed by atoms with Gasteiger partial charge in [-0.3, -0.25) is 4.79 Å². The molecule has 0 heterocycles. The Hall–Kier alpha value is -4.27. The van der Waals surface area contributed by atoms with Crippen molar-refractivity contribution in [3.05, 3.63) is 137 Å². The monoisotopic (exact) mass is 506 g/mol. The Bertz CT molecular complexity index is 1390. The predicted molar refractivity (Wildman–Crippen MR) is 118 cm³/mol. The van der Waals surface area contributed by atoms with Crippen LogP contribution in [0.2, 0.25) is 0 Å². The van der Waals surface area contributed by atoms with Crippen LogP contribution < -0.4 is 0 Å². The second-order valence-corrected chi connectivity index (χ2v) is 7.14. The fourth-order valence-electron chi connectivity index (χ4n) is 3.00. The fourth-order valence-corrected chi connectivity index (χ4v) is 3.00. The van der Waals surface area contributed by atoms with Crippen LogP contribution in [-0.4, -0.2) is 5.78 Å². The molecule has 4 aromatic carbocycles. The van der Waals surface area contributed by atoms with E-state index in [0.29, 0.717) is 12.1 Å². The fraction of sp³-hybridized carbons (Fsp3) is 0. The SMILES string of the molecule is Fc1ccc(-c2c(F)c(F)c(F)c(F)c2F)c(F)c1F.O=C(C=Cc1ccccc1)c1ccccc1. The van der Waals surface area contributed by atoms with Crippen LogP contribution in [0, 0.1) is 46.5 Å². The Morgan fingerprint density at radius 3 is 1.58 bits per heavy atom. The molecule has 0 fully saturated rings. The van der Waals surface area contributed by atoms with Crippen molar-refractivity contribution in [3.8, 4) is 11.1 Å². The summed E-state index contributed by atoms with van der Waals surface area (Å²) < 4.78 is 105. The van der Waals surface area contributed by atoms with E-state index in [-0.39, 0.29) is 5.78 Å². The summed E-state index contributed by atoms with van der Waals surface area (Å²) in [6, 6.07) is 19.7. The smallest absolute Gasteiger partial charge is 0.200 e. The van der Waals surface area contributed by atoms with Gasteiger partial charge in [0.25, 0.3) is 0 Å². The number of allylic oxidation sites excluding steroid dienone is 1. The van der Waals surface area contributed by atoms with E-state index in [9.17, 15) is 39.9 Å². The highest BCUT2D eigenvalue weighted by molar-refractivity contribution is 6.06. The van der Waals surface area contributed by atoms with Crippen LogP contribution in [0.25, 0.3) is 17.2 Å². The molecule has 36 heavy (non-hydrogen) atoms. The summed E-state index contributed by atoms with van der Waals surface area (Å²) in [5.74, 6) is -17.5. The van der Waals surface area contributed by atoms with Crippen molar-refractivity contribution in [2.45, 2.75) is 0 Å². The average Bonchev–Trinajstić information content (AvgIpc) is 2.91. The van der Waals surface area contributed by atoms with Crippen molar-refractivity contribution in [1.29, 1.82) is 0 Å². The molecule has 0 aliphatic carbocycles. The Morgan fingerprint density at radius 2 is 1.03 bits per heavy atom. The molecule has 0 saturated heterocycles. The molecule has 184 valence electrons. The molecule has 1 nitrogen and oxygen atoms in total. The summed E-state index contributed by atoms with van der Waals surface area (Å²) in [6.45, 7) is 0. The second-order valence-electron chi connectivity index (χ2n) is 7.14. The summed E-state index contributed by atoms with van der Waals surface area (Å²) in [7, 11) is 0. The number of rotatable bonds is 4. The van der Waals surface area contributed by atoms with E-state index in [1.807, 2.05) is 66.7 Å². The Balaban J connectivity index is 0.000000205. The van der Waals surface area contributed by atoms with Gasteiger partial charge in [0, 0.05) is 11.1 Å². The molecule has 4 aromatic rings. The maximum atomic E-state index is 13.4. The third-order valence-corrected chi connectivity index (χ3v) is 4.80. The second kappa shape index (κ2) is 11.4. The number of carbonyl (C=O) groups excluding carboxylic acids is 1. The first-order valence-electron chi connectivity index (χ1n) is 10.1. The quantitative estimate of drug-likeness (QED) is 0.0900. The van der Waals surface area contributed by atoms with Crippen LogP contribution in [0.1, 0.15) is 15.9 Å². The summed E-state index contributed by atoms with van der Waals surface area (Å²) in [6.07, 6.45) is 3.43. The van der Waals surface area contributed by atoms with Crippen LogP contribution in [0.5, 0.6) is 0 Å². The van der Waals surface area contributed by atoms with Crippen LogP contribution in [0.3, 0.4) is 0 Å². The summed E-state index contributed by atoms with van der Waals surface area (Å²) in [5.41, 5.74) is -1.20. The molecule has 0 unspecified atom stereocenters. The Kier molecular flexibility index (Phi) is 8.37. The van der Waals surface area contributed by atoms with Crippen molar-refractivity contribution in [2.24, 2.45) is 0 Å². The summed E-state index contributed by atoms with van der Waals surface area (Å²) in [4.78, 5) is 11.7. The van der Waals surface area contributed by atoms with Gasteiger partial charge in [0.1, 0.15) is 0 Å². The lowest BCUT2D eigenvalue weighted by molar-refractivity contribution is 0.104. The molecule has 0 aliphatic rings. The predicted octanol–water partition coefficient (Wildman–Crippen LogP) is 8.05. The zero-order valence-electron chi connectivity index (χ0n) is 18.0. The van der Waals surface area contributed by atoms with Crippen molar-refractivity contribution in [2.75, 3.05) is 0 Å². The van der Waals surface area contributed by atoms with Gasteiger partial charge in [0.05, 0.1) is 5.56 Å². The van der Waals surface area contributed by atoms with Crippen LogP contribution >= 0.6 is 0 Å². The van der Waals surface area contributed by atoms with Crippen molar-refractivity contribution >= 4 is 11.9 Å². The van der Waals surface area contributed by atoms with Gasteiger partial charge in [-0.05, 0) is 23.8 Å². The minimum Gasteiger partial charge on any atom is -0.289 e. The molecular formula is C27H14F8O. The molecule has 9 heteroatoms. The molecule has 0 spiro atoms. The number of hydrogen-bond acceptors (Lipinski definition) is 1. The molecule has 0 atom stereocenters. The number of hydrogen-bond donors (Lipinski definition) is 0. The van der Waals surface area contributed by atoms with Gasteiger partial charge >= 0.3 is 0 Å². The van der Waals surface area contributed by atoms with E-state index in [2.05, 4.69) is 0 Å². The molecule has 0 saturated carbocycles. The van der Waals surface area contributed by atoms with Crippen molar-refractivity contribution < 1.29 is 39.9 Å². The topological polar surface area (TPSA) is 17.1 Å². The first-order chi connectivity index (χ1) is 17.1. The van der Waals surface area contributed by atoms with Crippen LogP contribution in [0.15, 0.2) is 78.9 Å². The molecule has 0 aromatic heterocycles. The van der Waals surface area contributed by atoms with E-state index >= 15 is 0 Å². The van der Waals surface area contributed by atoms with E-state index < -0.39 is 57.7 Å². The van der Waals surface area contributed by atoms with Gasteiger partial charge in [-0.1, -0.05) is 66.7 Å². The zero-order chi connectivity index (χ0) is 26.4. The summed E-state index contributed by atoms with van der Waals surface area (Å²) >= 11 is 0. The zero-order valence-corrected chi connectivity index (χ0v) is 18.0. The Morgan fingerprint density at radius 1 is 0.528 bits per heavy atom. The minimum absolute atomic E-state index is 0.0319. The van der Waals surface area contributed by atoms with E-state index in [1.54, 1.807) is 6.08 Å². The maximum Gasteiger partial charge on any atom is 0.200 e.